The van der Waals surface area contributed by atoms with Crippen molar-refractivity contribution >= 4 is 15.9 Å². The molecular formula is C12H14BrN3O. The maximum atomic E-state index is 9.35. The Morgan fingerprint density at radius 1 is 1.41 bits per heavy atom. The second kappa shape index (κ2) is 4.58. The van der Waals surface area contributed by atoms with Gasteiger partial charge in [-0.25, -0.2) is 9.67 Å². The molecule has 0 radical (unpaired) electrons. The molecule has 0 aliphatic rings. The summed E-state index contributed by atoms with van der Waals surface area (Å²) in [5, 5.41) is 13.4. The third-order valence-corrected chi connectivity index (χ3v) is 3.43. The van der Waals surface area contributed by atoms with Crippen LogP contribution in [0.2, 0.25) is 0 Å². The van der Waals surface area contributed by atoms with Crippen LogP contribution in [0.3, 0.4) is 0 Å². The van der Waals surface area contributed by atoms with E-state index >= 15 is 0 Å². The summed E-state index contributed by atoms with van der Waals surface area (Å²) in [7, 11) is 0. The number of halogens is 1. The predicted molar refractivity (Wildman–Crippen MR) is 69.2 cm³/mol. The number of nitrogens with zero attached hydrogens (tertiary/aromatic N) is 3. The van der Waals surface area contributed by atoms with Crippen molar-refractivity contribution in [2.45, 2.75) is 19.3 Å². The van der Waals surface area contributed by atoms with Crippen LogP contribution in [0.15, 0.2) is 35.3 Å². The summed E-state index contributed by atoms with van der Waals surface area (Å²) in [4.78, 5) is 3.92. The molecule has 0 amide bonds. The van der Waals surface area contributed by atoms with Crippen molar-refractivity contribution in [2.24, 2.45) is 0 Å². The largest absolute Gasteiger partial charge is 0.395 e. The van der Waals surface area contributed by atoms with Crippen molar-refractivity contribution in [3.05, 3.63) is 40.9 Å². The van der Waals surface area contributed by atoms with Crippen LogP contribution in [0.4, 0.5) is 0 Å². The quantitative estimate of drug-likeness (QED) is 0.945. The van der Waals surface area contributed by atoms with Gasteiger partial charge in [0.1, 0.15) is 12.7 Å². The molecule has 0 atom stereocenters. The summed E-state index contributed by atoms with van der Waals surface area (Å²) < 4.78 is 2.63. The lowest BCUT2D eigenvalue weighted by Crippen LogP contribution is -2.22. The summed E-state index contributed by atoms with van der Waals surface area (Å²) in [6.45, 7) is 4.12. The molecule has 1 aromatic heterocycles. The topological polar surface area (TPSA) is 50.9 Å². The van der Waals surface area contributed by atoms with E-state index in [0.29, 0.717) is 0 Å². The van der Waals surface area contributed by atoms with Crippen LogP contribution in [0.1, 0.15) is 19.4 Å². The summed E-state index contributed by atoms with van der Waals surface area (Å²) >= 11 is 3.52. The molecule has 4 nitrogen and oxygen atoms in total. The number of hydrogen-bond acceptors (Lipinski definition) is 3. The molecule has 0 aliphatic heterocycles. The van der Waals surface area contributed by atoms with Crippen LogP contribution in [-0.4, -0.2) is 26.5 Å². The second-order valence-electron chi connectivity index (χ2n) is 4.55. The number of aliphatic hydroxyl groups excluding tert-OH is 1. The Morgan fingerprint density at radius 2 is 2.18 bits per heavy atom. The Labute approximate surface area is 108 Å². The van der Waals surface area contributed by atoms with Crippen molar-refractivity contribution < 1.29 is 5.11 Å². The minimum absolute atomic E-state index is 0.113. The van der Waals surface area contributed by atoms with Crippen LogP contribution >= 0.6 is 15.9 Å². The third kappa shape index (κ3) is 2.40. The Morgan fingerprint density at radius 3 is 2.71 bits per heavy atom. The molecule has 0 saturated carbocycles. The predicted octanol–water partition coefficient (Wildman–Crippen LogP) is 2.30. The Hall–Kier alpha value is -1.20. The standard InChI is InChI=1S/C12H14BrN3O/c1-12(2,6-17)9-3-4-11(10(13)5-9)16-8-14-7-15-16/h3-5,7-8,17H,6H2,1-2H3. The van der Waals surface area contributed by atoms with Crippen molar-refractivity contribution in [1.82, 2.24) is 14.8 Å². The van der Waals surface area contributed by atoms with Gasteiger partial charge in [-0.15, -0.1) is 0 Å². The zero-order valence-corrected chi connectivity index (χ0v) is 11.3. The van der Waals surface area contributed by atoms with E-state index in [4.69, 9.17) is 0 Å². The summed E-state index contributed by atoms with van der Waals surface area (Å²) in [5.74, 6) is 0. The highest BCUT2D eigenvalue weighted by molar-refractivity contribution is 9.10. The fourth-order valence-corrected chi connectivity index (χ4v) is 2.10. The first-order chi connectivity index (χ1) is 8.04. The fourth-order valence-electron chi connectivity index (χ4n) is 1.54. The van der Waals surface area contributed by atoms with Gasteiger partial charge in [-0.05, 0) is 33.6 Å². The van der Waals surface area contributed by atoms with Crippen LogP contribution in [0, 0.1) is 0 Å². The molecule has 0 spiro atoms. The van der Waals surface area contributed by atoms with E-state index < -0.39 is 0 Å². The molecule has 1 heterocycles. The van der Waals surface area contributed by atoms with Crippen LogP contribution in [0.25, 0.3) is 5.69 Å². The van der Waals surface area contributed by atoms with E-state index in [1.54, 1.807) is 11.0 Å². The molecule has 17 heavy (non-hydrogen) atoms. The van der Waals surface area contributed by atoms with Crippen LogP contribution in [-0.2, 0) is 5.41 Å². The molecule has 0 bridgehead atoms. The monoisotopic (exact) mass is 295 g/mol. The SMILES string of the molecule is CC(C)(CO)c1ccc(-n2cncn2)c(Br)c1. The molecule has 0 unspecified atom stereocenters. The van der Waals surface area contributed by atoms with E-state index in [2.05, 4.69) is 26.0 Å². The van der Waals surface area contributed by atoms with Crippen molar-refractivity contribution in [1.29, 1.82) is 0 Å². The van der Waals surface area contributed by atoms with Crippen molar-refractivity contribution in [3.63, 3.8) is 0 Å². The van der Waals surface area contributed by atoms with Crippen molar-refractivity contribution in [2.75, 3.05) is 6.61 Å². The molecule has 1 N–H and O–H groups in total. The Balaban J connectivity index is 2.43. The van der Waals surface area contributed by atoms with Gasteiger partial charge in [0.05, 0.1) is 12.3 Å². The molecule has 2 aromatic rings. The molecule has 5 heteroatoms. The first-order valence-corrected chi connectivity index (χ1v) is 6.10. The lowest BCUT2D eigenvalue weighted by atomic mass is 9.85. The minimum atomic E-state index is -0.247. The highest BCUT2D eigenvalue weighted by Crippen LogP contribution is 2.28. The number of benzene rings is 1. The van der Waals surface area contributed by atoms with Gasteiger partial charge in [0.25, 0.3) is 0 Å². The van der Waals surface area contributed by atoms with Crippen molar-refractivity contribution in [3.8, 4) is 5.69 Å². The van der Waals surface area contributed by atoms with Gasteiger partial charge in [-0.3, -0.25) is 0 Å². The van der Waals surface area contributed by atoms with Crippen LogP contribution < -0.4 is 0 Å². The normalized spacial score (nSPS) is 11.8. The lowest BCUT2D eigenvalue weighted by Gasteiger charge is -2.23. The number of hydrogen-bond donors (Lipinski definition) is 1. The van der Waals surface area contributed by atoms with E-state index in [-0.39, 0.29) is 12.0 Å². The molecule has 0 aliphatic carbocycles. The van der Waals surface area contributed by atoms with Gasteiger partial charge in [0, 0.05) is 9.89 Å². The third-order valence-electron chi connectivity index (χ3n) is 2.79. The summed E-state index contributed by atoms with van der Waals surface area (Å²) in [6.07, 6.45) is 3.15. The maximum Gasteiger partial charge on any atom is 0.138 e. The molecule has 0 fully saturated rings. The fraction of sp³-hybridized carbons (Fsp3) is 0.333. The zero-order valence-electron chi connectivity index (χ0n) is 9.76. The van der Waals surface area contributed by atoms with E-state index in [0.717, 1.165) is 15.7 Å². The van der Waals surface area contributed by atoms with Gasteiger partial charge in [0.15, 0.2) is 0 Å². The van der Waals surface area contributed by atoms with Gasteiger partial charge >= 0.3 is 0 Å². The minimum Gasteiger partial charge on any atom is -0.395 e. The Kier molecular flexibility index (Phi) is 3.31. The highest BCUT2D eigenvalue weighted by atomic mass is 79.9. The average Bonchev–Trinajstić information content (AvgIpc) is 2.82. The lowest BCUT2D eigenvalue weighted by molar-refractivity contribution is 0.218. The second-order valence-corrected chi connectivity index (χ2v) is 5.40. The van der Waals surface area contributed by atoms with Gasteiger partial charge < -0.3 is 5.11 Å². The summed E-state index contributed by atoms with van der Waals surface area (Å²) in [6, 6.07) is 5.97. The molecule has 2 rings (SSSR count). The highest BCUT2D eigenvalue weighted by Gasteiger charge is 2.20. The van der Waals surface area contributed by atoms with Gasteiger partial charge in [-0.1, -0.05) is 19.9 Å². The van der Waals surface area contributed by atoms with Gasteiger partial charge in [-0.2, -0.15) is 5.10 Å². The number of rotatable bonds is 3. The number of aromatic nitrogens is 3. The zero-order chi connectivity index (χ0) is 12.5. The summed E-state index contributed by atoms with van der Waals surface area (Å²) in [5.41, 5.74) is 1.76. The number of aliphatic hydroxyl groups is 1. The first kappa shape index (κ1) is 12.3. The smallest absolute Gasteiger partial charge is 0.138 e. The maximum absolute atomic E-state index is 9.35. The van der Waals surface area contributed by atoms with Gasteiger partial charge in [0.2, 0.25) is 0 Å². The molecule has 0 saturated heterocycles. The van der Waals surface area contributed by atoms with E-state index in [1.807, 2.05) is 32.0 Å². The van der Waals surface area contributed by atoms with E-state index in [1.165, 1.54) is 6.33 Å². The first-order valence-electron chi connectivity index (χ1n) is 5.30. The molecular weight excluding hydrogens is 282 g/mol. The van der Waals surface area contributed by atoms with Crippen LogP contribution in [0.5, 0.6) is 0 Å². The average molecular weight is 296 g/mol. The van der Waals surface area contributed by atoms with E-state index in [9.17, 15) is 5.11 Å². The molecule has 1 aromatic carbocycles. The molecule has 90 valence electrons. The Bertz CT molecular complexity index is 508.